The molecule has 2 amide bonds. The van der Waals surface area contributed by atoms with Crippen molar-refractivity contribution in [1.29, 1.82) is 0 Å². The molecule has 0 spiro atoms. The lowest BCUT2D eigenvalue weighted by atomic mass is 10.0. The van der Waals surface area contributed by atoms with Gasteiger partial charge < -0.3 is 15.0 Å². The van der Waals surface area contributed by atoms with Gasteiger partial charge in [0, 0.05) is 25.2 Å². The van der Waals surface area contributed by atoms with E-state index < -0.39 is 29.4 Å². The van der Waals surface area contributed by atoms with Crippen molar-refractivity contribution in [3.05, 3.63) is 52.9 Å². The third-order valence-electron chi connectivity index (χ3n) is 5.17. The number of hydrogen-bond acceptors (Lipinski definition) is 6. The number of rotatable bonds is 7. The molecule has 1 N–H and O–H groups in total. The van der Waals surface area contributed by atoms with Gasteiger partial charge in [-0.05, 0) is 68.7 Å². The van der Waals surface area contributed by atoms with Crippen LogP contribution in [-0.4, -0.2) is 50.8 Å². The summed E-state index contributed by atoms with van der Waals surface area (Å²) in [4.78, 5) is 36.1. The molecule has 1 aromatic heterocycles. The zero-order valence-corrected chi connectivity index (χ0v) is 20.7. The second kappa shape index (κ2) is 11.1. The van der Waals surface area contributed by atoms with Crippen molar-refractivity contribution in [3.63, 3.8) is 0 Å². The van der Waals surface area contributed by atoms with Crippen LogP contribution in [0.1, 0.15) is 50.9 Å². The quantitative estimate of drug-likeness (QED) is 0.459. The van der Waals surface area contributed by atoms with Gasteiger partial charge in [-0.15, -0.1) is 0 Å². The highest BCUT2D eigenvalue weighted by Crippen LogP contribution is 2.22. The summed E-state index contributed by atoms with van der Waals surface area (Å²) in [6.07, 6.45) is 1.56. The van der Waals surface area contributed by atoms with E-state index >= 15 is 0 Å². The Morgan fingerprint density at radius 1 is 1.29 bits per heavy atom. The minimum absolute atomic E-state index is 0.0571. The minimum Gasteiger partial charge on any atom is -0.444 e. The number of fused-ring (bicyclic) bond motifs is 1. The Labute approximate surface area is 202 Å². The molecule has 184 valence electrons. The molecule has 7 nitrogen and oxygen atoms in total. The maximum atomic E-state index is 14.3. The van der Waals surface area contributed by atoms with Crippen LogP contribution in [0.4, 0.5) is 13.6 Å². The maximum absolute atomic E-state index is 14.3. The summed E-state index contributed by atoms with van der Waals surface area (Å²) < 4.78 is 33.3. The molecule has 1 aliphatic heterocycles. The first-order valence-electron chi connectivity index (χ1n) is 11.2. The number of benzene rings is 1. The van der Waals surface area contributed by atoms with Crippen molar-refractivity contribution in [2.45, 2.75) is 70.3 Å². The molecule has 1 atom stereocenters. The molecule has 10 heteroatoms. The Morgan fingerprint density at radius 3 is 2.76 bits per heavy atom. The van der Waals surface area contributed by atoms with Gasteiger partial charge in [0.05, 0.1) is 12.2 Å². The third kappa shape index (κ3) is 7.38. The number of nitrogens with zero attached hydrogens (tertiary/aromatic N) is 3. The van der Waals surface area contributed by atoms with Gasteiger partial charge in [-0.3, -0.25) is 4.79 Å². The second-order valence-corrected chi connectivity index (χ2v) is 10.3. The Bertz CT molecular complexity index is 1050. The molecule has 0 radical (unpaired) electrons. The molecule has 0 aliphatic carbocycles. The summed E-state index contributed by atoms with van der Waals surface area (Å²) in [6, 6.07) is 2.35. The number of alkyl carbamates (subject to hydrolysis) is 1. The van der Waals surface area contributed by atoms with Crippen LogP contribution < -0.4 is 5.32 Å². The van der Waals surface area contributed by atoms with Crippen molar-refractivity contribution in [3.8, 4) is 0 Å². The standard InChI is InChI=1S/C24H30F2N4O3S/c1-5-34-22-27-13-15-8-9-30(14-20(15)29-22)21(31)12-18(28-23(32)33-24(2,3)4)11-16-10-17(25)6-7-19(16)26/h6-7,10,13,18H,5,8-9,11-12,14H2,1-4H3,(H,28,32). The molecule has 0 saturated carbocycles. The van der Waals surface area contributed by atoms with E-state index in [9.17, 15) is 18.4 Å². The number of hydrogen-bond donors (Lipinski definition) is 1. The SMILES string of the molecule is CCSc1ncc2c(n1)CN(C(=O)CC(Cc1cc(F)ccc1F)NC(=O)OC(C)(C)C)CC2. The van der Waals surface area contributed by atoms with E-state index in [1.54, 1.807) is 25.7 Å². The van der Waals surface area contributed by atoms with E-state index in [2.05, 4.69) is 15.3 Å². The molecule has 0 saturated heterocycles. The molecule has 1 unspecified atom stereocenters. The number of aromatic nitrogens is 2. The molecule has 0 fully saturated rings. The Balaban J connectivity index is 1.74. The zero-order valence-electron chi connectivity index (χ0n) is 19.9. The highest BCUT2D eigenvalue weighted by molar-refractivity contribution is 7.99. The van der Waals surface area contributed by atoms with Gasteiger partial charge in [-0.25, -0.2) is 23.5 Å². The van der Waals surface area contributed by atoms with Crippen molar-refractivity contribution < 1.29 is 23.1 Å². The van der Waals surface area contributed by atoms with E-state index in [0.717, 1.165) is 35.2 Å². The summed E-state index contributed by atoms with van der Waals surface area (Å²) in [5.41, 5.74) is 1.15. The summed E-state index contributed by atoms with van der Waals surface area (Å²) in [5.74, 6) is -0.566. The van der Waals surface area contributed by atoms with Crippen LogP contribution in [0, 0.1) is 11.6 Å². The maximum Gasteiger partial charge on any atom is 0.407 e. The molecule has 2 aromatic rings. The monoisotopic (exact) mass is 492 g/mol. The van der Waals surface area contributed by atoms with E-state index in [1.807, 2.05) is 13.1 Å². The predicted octanol–water partition coefficient (Wildman–Crippen LogP) is 4.28. The number of thioether (sulfide) groups is 1. The van der Waals surface area contributed by atoms with Crippen molar-refractivity contribution in [2.24, 2.45) is 0 Å². The lowest BCUT2D eigenvalue weighted by Crippen LogP contribution is -2.45. The molecular formula is C24H30F2N4O3S. The molecule has 2 heterocycles. The first-order chi connectivity index (χ1) is 16.0. The number of carbonyl (C=O) groups excluding carboxylic acids is 2. The van der Waals surface area contributed by atoms with Crippen LogP contribution in [0.3, 0.4) is 0 Å². The first kappa shape index (κ1) is 25.9. The zero-order chi connectivity index (χ0) is 24.9. The van der Waals surface area contributed by atoms with E-state index in [4.69, 9.17) is 4.74 Å². The van der Waals surface area contributed by atoms with Crippen molar-refractivity contribution >= 4 is 23.8 Å². The molecule has 0 bridgehead atoms. The van der Waals surface area contributed by atoms with Crippen LogP contribution in [0.15, 0.2) is 29.6 Å². The van der Waals surface area contributed by atoms with Gasteiger partial charge in [-0.2, -0.15) is 0 Å². The molecule has 1 aliphatic rings. The fourth-order valence-electron chi connectivity index (χ4n) is 3.65. The predicted molar refractivity (Wildman–Crippen MR) is 125 cm³/mol. The number of amides is 2. The van der Waals surface area contributed by atoms with Gasteiger partial charge in [0.15, 0.2) is 5.16 Å². The normalized spacial score (nSPS) is 14.4. The summed E-state index contributed by atoms with van der Waals surface area (Å²) >= 11 is 1.53. The van der Waals surface area contributed by atoms with Crippen LogP contribution >= 0.6 is 11.8 Å². The van der Waals surface area contributed by atoms with Crippen LogP contribution in [0.5, 0.6) is 0 Å². The minimum atomic E-state index is -0.781. The lowest BCUT2D eigenvalue weighted by Gasteiger charge is -2.30. The van der Waals surface area contributed by atoms with Gasteiger partial charge in [0.2, 0.25) is 5.91 Å². The smallest absolute Gasteiger partial charge is 0.407 e. The van der Waals surface area contributed by atoms with Gasteiger partial charge in [-0.1, -0.05) is 18.7 Å². The summed E-state index contributed by atoms with van der Waals surface area (Å²) in [5, 5.41) is 3.33. The van der Waals surface area contributed by atoms with Gasteiger partial charge >= 0.3 is 6.09 Å². The number of nitrogens with one attached hydrogen (secondary N) is 1. The lowest BCUT2D eigenvalue weighted by molar-refractivity contribution is -0.132. The molecular weight excluding hydrogens is 462 g/mol. The topological polar surface area (TPSA) is 84.4 Å². The molecule has 3 rings (SSSR count). The van der Waals surface area contributed by atoms with Crippen molar-refractivity contribution in [1.82, 2.24) is 20.2 Å². The fraction of sp³-hybridized carbons (Fsp3) is 0.500. The number of halogens is 2. The fourth-order valence-corrected chi connectivity index (χ4v) is 4.21. The Kier molecular flexibility index (Phi) is 8.46. The van der Waals surface area contributed by atoms with E-state index in [1.165, 1.54) is 11.8 Å². The van der Waals surface area contributed by atoms with Crippen LogP contribution in [-0.2, 0) is 28.9 Å². The van der Waals surface area contributed by atoms with E-state index in [-0.39, 0.29) is 24.3 Å². The first-order valence-corrected chi connectivity index (χ1v) is 12.2. The Morgan fingerprint density at radius 2 is 2.06 bits per heavy atom. The van der Waals surface area contributed by atoms with Crippen LogP contribution in [0.2, 0.25) is 0 Å². The summed E-state index contributed by atoms with van der Waals surface area (Å²) in [6.45, 7) is 8.00. The highest BCUT2D eigenvalue weighted by Gasteiger charge is 2.27. The number of carbonyl (C=O) groups is 2. The van der Waals surface area contributed by atoms with Crippen molar-refractivity contribution in [2.75, 3.05) is 12.3 Å². The Hall–Kier alpha value is -2.75. The molecule has 34 heavy (non-hydrogen) atoms. The second-order valence-electron chi connectivity index (χ2n) is 9.11. The van der Waals surface area contributed by atoms with E-state index in [0.29, 0.717) is 24.7 Å². The largest absolute Gasteiger partial charge is 0.444 e. The van der Waals surface area contributed by atoms with Gasteiger partial charge in [0.25, 0.3) is 0 Å². The third-order valence-corrected chi connectivity index (χ3v) is 5.91. The summed E-state index contributed by atoms with van der Waals surface area (Å²) in [7, 11) is 0. The average Bonchev–Trinajstić information content (AvgIpc) is 2.74. The van der Waals surface area contributed by atoms with Crippen LogP contribution in [0.25, 0.3) is 0 Å². The molecule has 1 aromatic carbocycles. The number of ether oxygens (including phenoxy) is 1. The average molecular weight is 493 g/mol. The highest BCUT2D eigenvalue weighted by atomic mass is 32.2. The van der Waals surface area contributed by atoms with Gasteiger partial charge in [0.1, 0.15) is 17.2 Å².